The van der Waals surface area contributed by atoms with Gasteiger partial charge in [-0.2, -0.15) is 0 Å². The van der Waals surface area contributed by atoms with Gasteiger partial charge in [-0.05, 0) is 55.5 Å². The number of anilines is 3. The Morgan fingerprint density at radius 1 is 0.767 bits per heavy atom. The summed E-state index contributed by atoms with van der Waals surface area (Å²) in [6.07, 6.45) is -0.940. The number of hydrogen-bond donors (Lipinski definition) is 3. The first-order valence-electron chi connectivity index (χ1n) is 9.06. The van der Waals surface area contributed by atoms with Gasteiger partial charge in [-0.3, -0.25) is 4.79 Å². The molecule has 0 fully saturated rings. The minimum Gasteiger partial charge on any atom is -0.481 e. The smallest absolute Gasteiger partial charge is 0.323 e. The fourth-order valence-electron chi connectivity index (χ4n) is 2.50. The van der Waals surface area contributed by atoms with Crippen LogP contribution < -0.4 is 20.7 Å². The summed E-state index contributed by atoms with van der Waals surface area (Å²) in [6, 6.07) is 18.1. The van der Waals surface area contributed by atoms with Crippen LogP contribution in [-0.2, 0) is 4.79 Å². The summed E-state index contributed by atoms with van der Waals surface area (Å²) < 4.78 is 31.5. The first-order valence-corrected chi connectivity index (χ1v) is 9.06. The number of ether oxygens (including phenoxy) is 1. The lowest BCUT2D eigenvalue weighted by atomic mass is 10.2. The summed E-state index contributed by atoms with van der Waals surface area (Å²) in [5.41, 5.74) is 1.68. The highest BCUT2D eigenvalue weighted by atomic mass is 19.2. The normalized spacial score (nSPS) is 11.3. The highest BCUT2D eigenvalue weighted by Crippen LogP contribution is 2.18. The molecule has 3 amide bonds. The molecule has 0 radical (unpaired) electrons. The van der Waals surface area contributed by atoms with E-state index >= 15 is 0 Å². The van der Waals surface area contributed by atoms with E-state index in [1.807, 2.05) is 18.2 Å². The molecule has 3 N–H and O–H groups in total. The first kappa shape index (κ1) is 20.8. The predicted molar refractivity (Wildman–Crippen MR) is 111 cm³/mol. The molecular weight excluding hydrogens is 392 g/mol. The second kappa shape index (κ2) is 9.51. The van der Waals surface area contributed by atoms with Gasteiger partial charge in [0.15, 0.2) is 17.7 Å². The SMILES string of the molecule is CC(Oc1ccc(F)c(F)c1)C(=O)Nc1ccc(NC(=O)Nc2ccccc2)cc1. The van der Waals surface area contributed by atoms with Gasteiger partial charge in [0, 0.05) is 23.1 Å². The van der Waals surface area contributed by atoms with Crippen molar-refractivity contribution in [1.29, 1.82) is 0 Å². The van der Waals surface area contributed by atoms with E-state index in [-0.39, 0.29) is 5.75 Å². The van der Waals surface area contributed by atoms with E-state index < -0.39 is 29.7 Å². The summed E-state index contributed by atoms with van der Waals surface area (Å²) in [7, 11) is 0. The maximum atomic E-state index is 13.2. The molecule has 3 rings (SSSR count). The summed E-state index contributed by atoms with van der Waals surface area (Å²) >= 11 is 0. The number of hydrogen-bond acceptors (Lipinski definition) is 3. The van der Waals surface area contributed by atoms with E-state index in [1.165, 1.54) is 13.0 Å². The minimum atomic E-state index is -1.06. The second-order valence-corrected chi connectivity index (χ2v) is 6.35. The van der Waals surface area contributed by atoms with Gasteiger partial charge < -0.3 is 20.7 Å². The van der Waals surface area contributed by atoms with Crippen molar-refractivity contribution in [3.63, 3.8) is 0 Å². The zero-order valence-corrected chi connectivity index (χ0v) is 16.0. The van der Waals surface area contributed by atoms with Gasteiger partial charge in [-0.15, -0.1) is 0 Å². The van der Waals surface area contributed by atoms with E-state index in [2.05, 4.69) is 16.0 Å². The summed E-state index contributed by atoms with van der Waals surface area (Å²) in [5, 5.41) is 8.03. The van der Waals surface area contributed by atoms with E-state index in [1.54, 1.807) is 36.4 Å². The Bertz CT molecular complexity index is 1030. The maximum absolute atomic E-state index is 13.2. The molecular formula is C22H19F2N3O3. The van der Waals surface area contributed by atoms with E-state index in [9.17, 15) is 18.4 Å². The molecule has 0 aliphatic heterocycles. The molecule has 0 aliphatic rings. The van der Waals surface area contributed by atoms with E-state index in [4.69, 9.17) is 4.74 Å². The number of amides is 3. The van der Waals surface area contributed by atoms with Crippen LogP contribution in [0, 0.1) is 11.6 Å². The third-order valence-corrected chi connectivity index (χ3v) is 4.02. The molecule has 0 heterocycles. The molecule has 6 nitrogen and oxygen atoms in total. The maximum Gasteiger partial charge on any atom is 0.323 e. The Labute approximate surface area is 171 Å². The van der Waals surface area contributed by atoms with Crippen molar-refractivity contribution in [1.82, 2.24) is 0 Å². The Kier molecular flexibility index (Phi) is 6.59. The predicted octanol–water partition coefficient (Wildman–Crippen LogP) is 5.01. The minimum absolute atomic E-state index is 0.0422. The number of halogens is 2. The lowest BCUT2D eigenvalue weighted by Gasteiger charge is -2.15. The fraction of sp³-hybridized carbons (Fsp3) is 0.0909. The largest absolute Gasteiger partial charge is 0.481 e. The van der Waals surface area contributed by atoms with Crippen molar-refractivity contribution in [3.05, 3.63) is 84.4 Å². The summed E-state index contributed by atoms with van der Waals surface area (Å²) in [5.74, 6) is -2.48. The zero-order valence-electron chi connectivity index (χ0n) is 16.0. The Morgan fingerprint density at radius 2 is 1.33 bits per heavy atom. The molecule has 0 bridgehead atoms. The molecule has 1 unspecified atom stereocenters. The van der Waals surface area contributed by atoms with Gasteiger partial charge in [0.25, 0.3) is 5.91 Å². The van der Waals surface area contributed by atoms with Crippen molar-refractivity contribution in [2.75, 3.05) is 16.0 Å². The van der Waals surface area contributed by atoms with Crippen molar-refractivity contribution < 1.29 is 23.1 Å². The van der Waals surface area contributed by atoms with E-state index in [0.29, 0.717) is 17.1 Å². The van der Waals surface area contributed by atoms with Crippen LogP contribution in [0.15, 0.2) is 72.8 Å². The summed E-state index contributed by atoms with van der Waals surface area (Å²) in [4.78, 5) is 24.2. The highest BCUT2D eigenvalue weighted by Gasteiger charge is 2.16. The van der Waals surface area contributed by atoms with Gasteiger partial charge in [-0.1, -0.05) is 18.2 Å². The third-order valence-electron chi connectivity index (χ3n) is 4.02. The number of rotatable bonds is 6. The molecule has 154 valence electrons. The molecule has 0 aliphatic carbocycles. The average Bonchev–Trinajstić information content (AvgIpc) is 2.73. The molecule has 0 spiro atoms. The topological polar surface area (TPSA) is 79.5 Å². The molecule has 30 heavy (non-hydrogen) atoms. The van der Waals surface area contributed by atoms with Gasteiger partial charge in [-0.25, -0.2) is 13.6 Å². The molecule has 0 aromatic heterocycles. The average molecular weight is 411 g/mol. The van der Waals surface area contributed by atoms with Crippen molar-refractivity contribution in [2.45, 2.75) is 13.0 Å². The van der Waals surface area contributed by atoms with Crippen LogP contribution in [0.5, 0.6) is 5.75 Å². The molecule has 3 aromatic carbocycles. The number of carbonyl (C=O) groups excluding carboxylic acids is 2. The molecule has 0 saturated carbocycles. The molecule has 3 aromatic rings. The Hall–Kier alpha value is -3.94. The number of benzene rings is 3. The van der Waals surface area contributed by atoms with Crippen LogP contribution in [-0.4, -0.2) is 18.0 Å². The van der Waals surface area contributed by atoms with Crippen LogP contribution in [0.4, 0.5) is 30.6 Å². The monoisotopic (exact) mass is 411 g/mol. The molecule has 8 heteroatoms. The third kappa shape index (κ3) is 5.78. The van der Waals surface area contributed by atoms with Crippen LogP contribution in [0.2, 0.25) is 0 Å². The number of nitrogens with one attached hydrogen (secondary N) is 3. The van der Waals surface area contributed by atoms with Crippen molar-refractivity contribution in [2.24, 2.45) is 0 Å². The molecule has 1 atom stereocenters. The fourth-order valence-corrected chi connectivity index (χ4v) is 2.50. The van der Waals surface area contributed by atoms with Crippen LogP contribution in [0.1, 0.15) is 6.92 Å². The van der Waals surface area contributed by atoms with Crippen molar-refractivity contribution >= 4 is 29.0 Å². The first-order chi connectivity index (χ1) is 14.4. The summed E-state index contributed by atoms with van der Waals surface area (Å²) in [6.45, 7) is 1.49. The van der Waals surface area contributed by atoms with Crippen LogP contribution in [0.25, 0.3) is 0 Å². The number of para-hydroxylation sites is 1. The van der Waals surface area contributed by atoms with E-state index in [0.717, 1.165) is 12.1 Å². The number of carbonyl (C=O) groups is 2. The van der Waals surface area contributed by atoms with Gasteiger partial charge in [0.2, 0.25) is 0 Å². The van der Waals surface area contributed by atoms with Gasteiger partial charge in [0.05, 0.1) is 0 Å². The van der Waals surface area contributed by atoms with Crippen LogP contribution >= 0.6 is 0 Å². The zero-order chi connectivity index (χ0) is 21.5. The lowest BCUT2D eigenvalue weighted by Crippen LogP contribution is -2.30. The highest BCUT2D eigenvalue weighted by molar-refractivity contribution is 6.00. The lowest BCUT2D eigenvalue weighted by molar-refractivity contribution is -0.122. The van der Waals surface area contributed by atoms with Gasteiger partial charge in [0.1, 0.15) is 5.75 Å². The second-order valence-electron chi connectivity index (χ2n) is 6.35. The van der Waals surface area contributed by atoms with Crippen molar-refractivity contribution in [3.8, 4) is 5.75 Å². The van der Waals surface area contributed by atoms with Crippen LogP contribution in [0.3, 0.4) is 0 Å². The molecule has 0 saturated heterocycles. The Balaban J connectivity index is 1.52. The van der Waals surface area contributed by atoms with Gasteiger partial charge >= 0.3 is 6.03 Å². The number of urea groups is 1. The standard InChI is InChI=1S/C22H19F2N3O3/c1-14(30-18-11-12-19(23)20(24)13-18)21(28)25-16-7-9-17(10-8-16)27-22(29)26-15-5-3-2-4-6-15/h2-14H,1H3,(H,25,28)(H2,26,27,29). The Morgan fingerprint density at radius 3 is 1.93 bits per heavy atom. The quantitative estimate of drug-likeness (QED) is 0.533.